The fraction of sp³-hybridized carbons (Fsp3) is 0.238. The molecule has 5 heteroatoms. The van der Waals surface area contributed by atoms with Crippen molar-refractivity contribution in [3.05, 3.63) is 59.7 Å². The van der Waals surface area contributed by atoms with Crippen LogP contribution in [0.2, 0.25) is 0 Å². The number of benzene rings is 2. The second-order valence-electron chi connectivity index (χ2n) is 5.69. The number of rotatable bonds is 6. The number of carbonyl (C=O) groups is 2. The van der Waals surface area contributed by atoms with Gasteiger partial charge < -0.3 is 15.4 Å². The second kappa shape index (κ2) is 9.90. The van der Waals surface area contributed by atoms with Gasteiger partial charge in [-0.15, -0.1) is 0 Å². The lowest BCUT2D eigenvalue weighted by atomic mass is 10.1. The largest absolute Gasteiger partial charge is 0.497 e. The van der Waals surface area contributed by atoms with E-state index in [1.165, 1.54) is 6.92 Å². The third kappa shape index (κ3) is 6.70. The van der Waals surface area contributed by atoms with Crippen molar-refractivity contribution in [1.82, 2.24) is 5.32 Å². The van der Waals surface area contributed by atoms with Crippen molar-refractivity contribution in [2.24, 2.45) is 0 Å². The van der Waals surface area contributed by atoms with E-state index in [1.807, 2.05) is 36.4 Å². The van der Waals surface area contributed by atoms with E-state index in [9.17, 15) is 9.59 Å². The molecule has 0 radical (unpaired) electrons. The molecular formula is C21H22N2O3. The van der Waals surface area contributed by atoms with Gasteiger partial charge >= 0.3 is 0 Å². The number of ether oxygens (including phenoxy) is 1. The van der Waals surface area contributed by atoms with Crippen molar-refractivity contribution in [1.29, 1.82) is 0 Å². The van der Waals surface area contributed by atoms with Crippen LogP contribution in [-0.2, 0) is 16.0 Å². The summed E-state index contributed by atoms with van der Waals surface area (Å²) in [6.07, 6.45) is 1.09. The highest BCUT2D eigenvalue weighted by molar-refractivity contribution is 5.88. The van der Waals surface area contributed by atoms with Crippen LogP contribution in [0.4, 0.5) is 5.69 Å². The van der Waals surface area contributed by atoms with Gasteiger partial charge in [0.05, 0.1) is 13.7 Å². The quantitative estimate of drug-likeness (QED) is 0.787. The normalized spacial score (nSPS) is 9.62. The molecule has 0 fully saturated rings. The summed E-state index contributed by atoms with van der Waals surface area (Å²) in [5.74, 6) is 6.56. The van der Waals surface area contributed by atoms with Crippen molar-refractivity contribution in [2.75, 3.05) is 19.0 Å². The van der Waals surface area contributed by atoms with E-state index in [2.05, 4.69) is 22.5 Å². The zero-order valence-electron chi connectivity index (χ0n) is 15.0. The third-order valence-electron chi connectivity index (χ3n) is 3.61. The molecule has 0 unspecified atom stereocenters. The fourth-order valence-corrected chi connectivity index (χ4v) is 2.27. The molecule has 0 aliphatic heterocycles. The summed E-state index contributed by atoms with van der Waals surface area (Å²) in [4.78, 5) is 22.8. The maximum absolute atomic E-state index is 11.9. The van der Waals surface area contributed by atoms with Gasteiger partial charge in [-0.05, 0) is 48.4 Å². The molecule has 2 aromatic carbocycles. The van der Waals surface area contributed by atoms with Crippen LogP contribution in [0.5, 0.6) is 5.75 Å². The Bertz CT molecular complexity index is 800. The fourth-order valence-electron chi connectivity index (χ4n) is 2.27. The Morgan fingerprint density at radius 1 is 1.04 bits per heavy atom. The lowest BCUT2D eigenvalue weighted by Crippen LogP contribution is -2.23. The smallest absolute Gasteiger partial charge is 0.221 e. The molecule has 0 saturated carbocycles. The summed E-state index contributed by atoms with van der Waals surface area (Å²) < 4.78 is 5.11. The Labute approximate surface area is 153 Å². The Kier molecular flexibility index (Phi) is 7.26. The number of anilines is 1. The number of methoxy groups -OCH3 is 1. The lowest BCUT2D eigenvalue weighted by molar-refractivity contribution is -0.120. The Morgan fingerprint density at radius 3 is 2.35 bits per heavy atom. The van der Waals surface area contributed by atoms with E-state index >= 15 is 0 Å². The van der Waals surface area contributed by atoms with Crippen LogP contribution < -0.4 is 15.4 Å². The van der Waals surface area contributed by atoms with Gasteiger partial charge in [0.25, 0.3) is 0 Å². The first-order valence-electron chi connectivity index (χ1n) is 8.33. The number of nitrogens with one attached hydrogen (secondary N) is 2. The predicted molar refractivity (Wildman–Crippen MR) is 102 cm³/mol. The van der Waals surface area contributed by atoms with Gasteiger partial charge in [-0.2, -0.15) is 0 Å². The SMILES string of the molecule is COc1ccc(CCC(=O)NCC#Cc2ccc(NC(C)=O)cc2)cc1. The van der Waals surface area contributed by atoms with Crippen molar-refractivity contribution < 1.29 is 14.3 Å². The maximum atomic E-state index is 11.9. The minimum Gasteiger partial charge on any atom is -0.497 e. The van der Waals surface area contributed by atoms with E-state index in [0.717, 1.165) is 22.6 Å². The topological polar surface area (TPSA) is 67.4 Å². The van der Waals surface area contributed by atoms with Crippen LogP contribution in [0, 0.1) is 11.8 Å². The highest BCUT2D eigenvalue weighted by Gasteiger charge is 2.01. The van der Waals surface area contributed by atoms with Gasteiger partial charge in [-0.3, -0.25) is 9.59 Å². The molecule has 5 nitrogen and oxygen atoms in total. The molecule has 0 saturated heterocycles. The number of aryl methyl sites for hydroxylation is 1. The number of hydrogen-bond donors (Lipinski definition) is 2. The van der Waals surface area contributed by atoms with Gasteiger partial charge in [0.15, 0.2) is 0 Å². The van der Waals surface area contributed by atoms with Crippen molar-refractivity contribution in [3.8, 4) is 17.6 Å². The molecule has 2 aromatic rings. The highest BCUT2D eigenvalue weighted by atomic mass is 16.5. The first kappa shape index (κ1) is 19.1. The van der Waals surface area contributed by atoms with E-state index < -0.39 is 0 Å². The summed E-state index contributed by atoms with van der Waals surface area (Å²) in [5, 5.41) is 5.49. The molecular weight excluding hydrogens is 328 g/mol. The van der Waals surface area contributed by atoms with Crippen molar-refractivity contribution in [2.45, 2.75) is 19.8 Å². The molecule has 0 spiro atoms. The lowest BCUT2D eigenvalue weighted by Gasteiger charge is -2.04. The Balaban J connectivity index is 1.72. The Hall–Kier alpha value is -3.26. The minimum atomic E-state index is -0.110. The summed E-state index contributed by atoms with van der Waals surface area (Å²) in [6, 6.07) is 14.9. The van der Waals surface area contributed by atoms with Gasteiger partial charge in [0.1, 0.15) is 5.75 Å². The molecule has 0 aliphatic carbocycles. The maximum Gasteiger partial charge on any atom is 0.221 e. The molecule has 0 heterocycles. The van der Waals surface area contributed by atoms with Crippen LogP contribution in [0.25, 0.3) is 0 Å². The second-order valence-corrected chi connectivity index (χ2v) is 5.69. The van der Waals surface area contributed by atoms with Gasteiger partial charge in [-0.25, -0.2) is 0 Å². The average molecular weight is 350 g/mol. The summed E-state index contributed by atoms with van der Waals surface area (Å²) in [7, 11) is 1.63. The molecule has 2 rings (SSSR count). The van der Waals surface area contributed by atoms with Gasteiger partial charge in [0, 0.05) is 24.6 Å². The van der Waals surface area contributed by atoms with Crippen LogP contribution >= 0.6 is 0 Å². The predicted octanol–water partition coefficient (Wildman–Crippen LogP) is 2.75. The summed E-state index contributed by atoms with van der Waals surface area (Å²) >= 11 is 0. The zero-order valence-corrected chi connectivity index (χ0v) is 15.0. The van der Waals surface area contributed by atoms with Crippen molar-refractivity contribution in [3.63, 3.8) is 0 Å². The van der Waals surface area contributed by atoms with E-state index in [-0.39, 0.29) is 11.8 Å². The summed E-state index contributed by atoms with van der Waals surface area (Å²) in [6.45, 7) is 1.76. The molecule has 0 aliphatic rings. The molecule has 2 N–H and O–H groups in total. The zero-order chi connectivity index (χ0) is 18.8. The molecule has 0 aromatic heterocycles. The molecule has 2 amide bonds. The summed E-state index contributed by atoms with van der Waals surface area (Å²) in [5.41, 5.74) is 2.65. The molecule has 134 valence electrons. The number of carbonyl (C=O) groups excluding carboxylic acids is 2. The van der Waals surface area contributed by atoms with Crippen LogP contribution in [0.15, 0.2) is 48.5 Å². The monoisotopic (exact) mass is 350 g/mol. The van der Waals surface area contributed by atoms with Crippen molar-refractivity contribution >= 4 is 17.5 Å². The third-order valence-corrected chi connectivity index (χ3v) is 3.61. The molecule has 0 bridgehead atoms. The number of hydrogen-bond acceptors (Lipinski definition) is 3. The average Bonchev–Trinajstić information content (AvgIpc) is 2.65. The standard InChI is InChI=1S/C21H22N2O3/c1-16(24)23-19-10-5-17(6-11-19)4-3-15-22-21(25)14-9-18-7-12-20(26-2)13-8-18/h5-8,10-13H,9,14-15H2,1-2H3,(H,22,25)(H,23,24). The molecule has 26 heavy (non-hydrogen) atoms. The van der Waals surface area contributed by atoms with Gasteiger partial charge in [0.2, 0.25) is 11.8 Å². The highest BCUT2D eigenvalue weighted by Crippen LogP contribution is 2.12. The van der Waals surface area contributed by atoms with E-state index in [4.69, 9.17) is 4.74 Å². The first-order valence-corrected chi connectivity index (χ1v) is 8.33. The first-order chi connectivity index (χ1) is 12.6. The van der Waals surface area contributed by atoms with Crippen LogP contribution in [0.3, 0.4) is 0 Å². The Morgan fingerprint density at radius 2 is 1.73 bits per heavy atom. The van der Waals surface area contributed by atoms with Gasteiger partial charge in [-0.1, -0.05) is 24.0 Å². The van der Waals surface area contributed by atoms with E-state index in [0.29, 0.717) is 19.4 Å². The van der Waals surface area contributed by atoms with E-state index in [1.54, 1.807) is 19.2 Å². The molecule has 0 atom stereocenters. The van der Waals surface area contributed by atoms with Crippen LogP contribution in [0.1, 0.15) is 24.5 Å². The van der Waals surface area contributed by atoms with Crippen LogP contribution in [-0.4, -0.2) is 25.5 Å². The number of amides is 2. The minimum absolute atomic E-state index is 0.0314.